The number of hydrogen-bond donors (Lipinski definition) is 1. The van der Waals surface area contributed by atoms with E-state index in [1.54, 1.807) is 12.1 Å². The van der Waals surface area contributed by atoms with Gasteiger partial charge >= 0.3 is 0 Å². The van der Waals surface area contributed by atoms with E-state index in [2.05, 4.69) is 5.32 Å². The second-order valence-electron chi connectivity index (χ2n) is 5.15. The SMILES string of the molecule is CCc1ccc(C(=O)CCC(=O)Nc2ccc(F)c(F)c2)cc1. The van der Waals surface area contributed by atoms with Crippen LogP contribution in [0.3, 0.4) is 0 Å². The highest BCUT2D eigenvalue weighted by Gasteiger charge is 2.10. The Balaban J connectivity index is 1.87. The summed E-state index contributed by atoms with van der Waals surface area (Å²) in [5, 5.41) is 2.44. The van der Waals surface area contributed by atoms with Gasteiger partial charge in [-0.1, -0.05) is 31.2 Å². The zero-order chi connectivity index (χ0) is 16.8. The van der Waals surface area contributed by atoms with Gasteiger partial charge in [-0.15, -0.1) is 0 Å². The van der Waals surface area contributed by atoms with E-state index in [0.717, 1.165) is 24.1 Å². The minimum Gasteiger partial charge on any atom is -0.326 e. The third-order valence-electron chi connectivity index (χ3n) is 3.47. The lowest BCUT2D eigenvalue weighted by Gasteiger charge is -2.06. The van der Waals surface area contributed by atoms with Crippen LogP contribution in [0.1, 0.15) is 35.7 Å². The van der Waals surface area contributed by atoms with Crippen LogP contribution in [-0.4, -0.2) is 11.7 Å². The van der Waals surface area contributed by atoms with Crippen molar-refractivity contribution in [2.75, 3.05) is 5.32 Å². The van der Waals surface area contributed by atoms with Crippen molar-refractivity contribution in [2.24, 2.45) is 0 Å². The molecule has 0 radical (unpaired) electrons. The number of benzene rings is 2. The summed E-state index contributed by atoms with van der Waals surface area (Å²) < 4.78 is 25.8. The lowest BCUT2D eigenvalue weighted by atomic mass is 10.0. The largest absolute Gasteiger partial charge is 0.326 e. The van der Waals surface area contributed by atoms with E-state index in [1.807, 2.05) is 19.1 Å². The molecule has 5 heteroatoms. The number of halogens is 2. The Morgan fingerprint density at radius 2 is 1.65 bits per heavy atom. The van der Waals surface area contributed by atoms with Gasteiger partial charge in [0.1, 0.15) is 0 Å². The van der Waals surface area contributed by atoms with E-state index >= 15 is 0 Å². The maximum atomic E-state index is 13.0. The fourth-order valence-corrected chi connectivity index (χ4v) is 2.10. The summed E-state index contributed by atoms with van der Waals surface area (Å²) in [6.07, 6.45) is 0.930. The molecule has 0 aromatic heterocycles. The van der Waals surface area contributed by atoms with Gasteiger partial charge in [0.25, 0.3) is 0 Å². The average Bonchev–Trinajstić information content (AvgIpc) is 2.56. The van der Waals surface area contributed by atoms with Gasteiger partial charge in [0, 0.05) is 30.2 Å². The first-order valence-electron chi connectivity index (χ1n) is 7.36. The van der Waals surface area contributed by atoms with Gasteiger partial charge in [0.2, 0.25) is 5.91 Å². The molecule has 0 aliphatic carbocycles. The van der Waals surface area contributed by atoms with Crippen LogP contribution in [0.25, 0.3) is 0 Å². The quantitative estimate of drug-likeness (QED) is 0.814. The predicted octanol–water partition coefficient (Wildman–Crippen LogP) is 4.13. The van der Waals surface area contributed by atoms with Gasteiger partial charge in [-0.3, -0.25) is 9.59 Å². The molecule has 0 aliphatic heterocycles. The molecule has 3 nitrogen and oxygen atoms in total. The van der Waals surface area contributed by atoms with Crippen molar-refractivity contribution >= 4 is 17.4 Å². The summed E-state index contributed by atoms with van der Waals surface area (Å²) in [5.41, 5.74) is 1.86. The number of rotatable bonds is 6. The van der Waals surface area contributed by atoms with Gasteiger partial charge < -0.3 is 5.32 Å². The highest BCUT2D eigenvalue weighted by atomic mass is 19.2. The first kappa shape index (κ1) is 16.8. The van der Waals surface area contributed by atoms with Crippen LogP contribution >= 0.6 is 0 Å². The number of amides is 1. The van der Waals surface area contributed by atoms with E-state index in [-0.39, 0.29) is 24.3 Å². The lowest BCUT2D eigenvalue weighted by Crippen LogP contribution is -2.13. The topological polar surface area (TPSA) is 46.2 Å². The molecule has 0 fully saturated rings. The third-order valence-corrected chi connectivity index (χ3v) is 3.47. The zero-order valence-electron chi connectivity index (χ0n) is 12.7. The van der Waals surface area contributed by atoms with E-state index in [0.29, 0.717) is 5.56 Å². The molecular formula is C18H17F2NO2. The normalized spacial score (nSPS) is 10.4. The van der Waals surface area contributed by atoms with Gasteiger partial charge in [-0.25, -0.2) is 8.78 Å². The molecule has 0 unspecified atom stereocenters. The maximum Gasteiger partial charge on any atom is 0.224 e. The standard InChI is InChI=1S/C18H17F2NO2/c1-2-12-3-5-13(6-4-12)17(22)9-10-18(23)21-14-7-8-15(19)16(20)11-14/h3-8,11H,2,9-10H2,1H3,(H,21,23). The van der Waals surface area contributed by atoms with Crippen molar-refractivity contribution in [3.8, 4) is 0 Å². The molecule has 0 aliphatic rings. The smallest absolute Gasteiger partial charge is 0.224 e. The number of carbonyl (C=O) groups excluding carboxylic acids is 2. The molecule has 0 saturated heterocycles. The minimum atomic E-state index is -1.03. The van der Waals surface area contributed by atoms with Crippen LogP contribution in [0.4, 0.5) is 14.5 Å². The van der Waals surface area contributed by atoms with Crippen LogP contribution < -0.4 is 5.32 Å². The van der Waals surface area contributed by atoms with Crippen molar-refractivity contribution in [2.45, 2.75) is 26.2 Å². The first-order valence-corrected chi connectivity index (χ1v) is 7.36. The van der Waals surface area contributed by atoms with Crippen LogP contribution in [0.15, 0.2) is 42.5 Å². The number of anilines is 1. The first-order chi connectivity index (χ1) is 11.0. The number of hydrogen-bond acceptors (Lipinski definition) is 2. The second kappa shape index (κ2) is 7.63. The van der Waals surface area contributed by atoms with E-state index < -0.39 is 17.5 Å². The Hall–Kier alpha value is -2.56. The molecule has 120 valence electrons. The van der Waals surface area contributed by atoms with E-state index in [1.165, 1.54) is 6.07 Å². The molecule has 1 N–H and O–H groups in total. The summed E-state index contributed by atoms with van der Waals surface area (Å²) in [4.78, 5) is 23.8. The molecule has 0 heterocycles. The minimum absolute atomic E-state index is 0.0205. The Labute approximate surface area is 133 Å². The fourth-order valence-electron chi connectivity index (χ4n) is 2.10. The van der Waals surface area contributed by atoms with Gasteiger partial charge in [-0.05, 0) is 24.1 Å². The van der Waals surface area contributed by atoms with Crippen molar-refractivity contribution < 1.29 is 18.4 Å². The fraction of sp³-hybridized carbons (Fsp3) is 0.222. The zero-order valence-corrected chi connectivity index (χ0v) is 12.7. The van der Waals surface area contributed by atoms with Gasteiger partial charge in [-0.2, -0.15) is 0 Å². The summed E-state index contributed by atoms with van der Waals surface area (Å²) in [6.45, 7) is 2.03. The number of aryl methyl sites for hydroxylation is 1. The molecule has 0 spiro atoms. The number of carbonyl (C=O) groups is 2. The molecule has 0 bridgehead atoms. The van der Waals surface area contributed by atoms with Crippen LogP contribution in [0, 0.1) is 11.6 Å². The third kappa shape index (κ3) is 4.71. The van der Waals surface area contributed by atoms with Gasteiger partial charge in [0.05, 0.1) is 0 Å². The average molecular weight is 317 g/mol. The summed E-state index contributed by atoms with van der Waals surface area (Å²) in [6, 6.07) is 10.4. The summed E-state index contributed by atoms with van der Waals surface area (Å²) in [5.74, 6) is -2.56. The Kier molecular flexibility index (Phi) is 5.57. The molecular weight excluding hydrogens is 300 g/mol. The van der Waals surface area contributed by atoms with E-state index in [9.17, 15) is 18.4 Å². The Morgan fingerprint density at radius 1 is 0.957 bits per heavy atom. The van der Waals surface area contributed by atoms with Crippen molar-refractivity contribution in [1.29, 1.82) is 0 Å². The molecule has 0 atom stereocenters. The predicted molar refractivity (Wildman–Crippen MR) is 84.4 cm³/mol. The molecule has 2 aromatic carbocycles. The van der Waals surface area contributed by atoms with Crippen LogP contribution in [0.2, 0.25) is 0 Å². The van der Waals surface area contributed by atoms with Gasteiger partial charge in [0.15, 0.2) is 17.4 Å². The van der Waals surface area contributed by atoms with E-state index in [4.69, 9.17) is 0 Å². The number of ketones is 1. The molecule has 23 heavy (non-hydrogen) atoms. The lowest BCUT2D eigenvalue weighted by molar-refractivity contribution is -0.116. The monoisotopic (exact) mass is 317 g/mol. The van der Waals surface area contributed by atoms with Crippen LogP contribution in [-0.2, 0) is 11.2 Å². The number of nitrogens with one attached hydrogen (secondary N) is 1. The second-order valence-corrected chi connectivity index (χ2v) is 5.15. The molecule has 1 amide bonds. The highest BCUT2D eigenvalue weighted by Crippen LogP contribution is 2.14. The molecule has 2 rings (SSSR count). The maximum absolute atomic E-state index is 13.0. The molecule has 2 aromatic rings. The van der Waals surface area contributed by atoms with Crippen molar-refractivity contribution in [3.63, 3.8) is 0 Å². The van der Waals surface area contributed by atoms with Crippen molar-refractivity contribution in [1.82, 2.24) is 0 Å². The van der Waals surface area contributed by atoms with Crippen molar-refractivity contribution in [3.05, 3.63) is 65.2 Å². The summed E-state index contributed by atoms with van der Waals surface area (Å²) >= 11 is 0. The highest BCUT2D eigenvalue weighted by molar-refractivity contribution is 6.00. The Morgan fingerprint density at radius 3 is 2.26 bits per heavy atom. The van der Waals surface area contributed by atoms with Crippen LogP contribution in [0.5, 0.6) is 0 Å². The Bertz CT molecular complexity index is 711. The summed E-state index contributed by atoms with van der Waals surface area (Å²) in [7, 11) is 0. The number of Topliss-reactive ketones (excluding diaryl/α,β-unsaturated/α-hetero) is 1. The molecule has 0 saturated carbocycles.